The number of aryl methyl sites for hydroxylation is 1. The van der Waals surface area contributed by atoms with Crippen LogP contribution in [0, 0.1) is 12.7 Å². The lowest BCUT2D eigenvalue weighted by molar-refractivity contribution is 0.396. The lowest BCUT2D eigenvalue weighted by atomic mass is 10.2. The van der Waals surface area contributed by atoms with Crippen LogP contribution in [0.1, 0.15) is 11.3 Å². The first kappa shape index (κ1) is 12.4. The van der Waals surface area contributed by atoms with Crippen molar-refractivity contribution in [2.24, 2.45) is 0 Å². The first-order valence-electron chi connectivity index (χ1n) is 5.69. The minimum Gasteiger partial charge on any atom is -0.481 e. The molecule has 1 aromatic heterocycles. The Kier molecular flexibility index (Phi) is 3.77. The number of rotatable bonds is 4. The van der Waals surface area contributed by atoms with Crippen LogP contribution in [0.3, 0.4) is 0 Å². The highest BCUT2D eigenvalue weighted by atomic mass is 19.1. The number of aromatic nitrogens is 1. The summed E-state index contributed by atoms with van der Waals surface area (Å²) in [6.07, 6.45) is 0. The Hall–Kier alpha value is -2.10. The van der Waals surface area contributed by atoms with Crippen molar-refractivity contribution in [2.75, 3.05) is 12.4 Å². The quantitative estimate of drug-likeness (QED) is 0.899. The Balaban J connectivity index is 2.04. The van der Waals surface area contributed by atoms with Crippen molar-refractivity contribution in [1.29, 1.82) is 0 Å². The van der Waals surface area contributed by atoms with Crippen LogP contribution in [0.25, 0.3) is 0 Å². The van der Waals surface area contributed by atoms with Crippen LogP contribution in [-0.2, 0) is 6.54 Å². The van der Waals surface area contributed by atoms with Crippen molar-refractivity contribution in [3.05, 3.63) is 53.5 Å². The fourth-order valence-corrected chi connectivity index (χ4v) is 1.62. The van der Waals surface area contributed by atoms with E-state index in [0.717, 1.165) is 11.4 Å². The van der Waals surface area contributed by atoms with Gasteiger partial charge in [0.1, 0.15) is 5.82 Å². The molecule has 0 unspecified atom stereocenters. The molecule has 4 heteroatoms. The van der Waals surface area contributed by atoms with Crippen LogP contribution in [-0.4, -0.2) is 12.1 Å². The van der Waals surface area contributed by atoms with Crippen LogP contribution in [0.5, 0.6) is 5.88 Å². The standard InChI is InChI=1S/C14H15FN2O/c1-10-8-11(6-7-13(10)15)16-9-12-4-3-5-14(17-12)18-2/h3-8,16H,9H2,1-2H3. The summed E-state index contributed by atoms with van der Waals surface area (Å²) in [4.78, 5) is 4.29. The van der Waals surface area contributed by atoms with Crippen LogP contribution in [0.4, 0.5) is 10.1 Å². The fourth-order valence-electron chi connectivity index (χ4n) is 1.62. The van der Waals surface area contributed by atoms with Gasteiger partial charge in [-0.25, -0.2) is 9.37 Å². The zero-order valence-corrected chi connectivity index (χ0v) is 10.4. The van der Waals surface area contributed by atoms with Gasteiger partial charge in [0.05, 0.1) is 19.3 Å². The normalized spacial score (nSPS) is 10.2. The van der Waals surface area contributed by atoms with Crippen LogP contribution in [0.15, 0.2) is 36.4 Å². The Morgan fingerprint density at radius 1 is 1.28 bits per heavy atom. The summed E-state index contributed by atoms with van der Waals surface area (Å²) in [6.45, 7) is 2.31. The molecule has 0 atom stereocenters. The predicted octanol–water partition coefficient (Wildman–Crippen LogP) is 3.15. The van der Waals surface area contributed by atoms with Gasteiger partial charge >= 0.3 is 0 Å². The monoisotopic (exact) mass is 246 g/mol. The second-order valence-electron chi connectivity index (χ2n) is 3.99. The largest absolute Gasteiger partial charge is 0.481 e. The van der Waals surface area contributed by atoms with Gasteiger partial charge in [-0.2, -0.15) is 0 Å². The Morgan fingerprint density at radius 2 is 2.11 bits per heavy atom. The van der Waals surface area contributed by atoms with Gasteiger partial charge in [0, 0.05) is 11.8 Å². The van der Waals surface area contributed by atoms with E-state index in [0.29, 0.717) is 18.0 Å². The Labute approximate surface area is 106 Å². The molecule has 0 saturated carbocycles. The molecule has 2 aromatic rings. The molecule has 0 fully saturated rings. The van der Waals surface area contributed by atoms with E-state index in [1.54, 1.807) is 32.2 Å². The fraction of sp³-hybridized carbons (Fsp3) is 0.214. The predicted molar refractivity (Wildman–Crippen MR) is 69.3 cm³/mol. The summed E-state index contributed by atoms with van der Waals surface area (Å²) in [5.74, 6) is 0.393. The number of nitrogens with zero attached hydrogens (tertiary/aromatic N) is 1. The molecule has 0 bridgehead atoms. The number of pyridine rings is 1. The molecule has 0 aliphatic heterocycles. The van der Waals surface area contributed by atoms with Gasteiger partial charge in [0.15, 0.2) is 0 Å². The molecule has 0 saturated heterocycles. The minimum absolute atomic E-state index is 0.194. The zero-order valence-electron chi connectivity index (χ0n) is 10.4. The molecule has 0 aliphatic rings. The molecule has 2 rings (SSSR count). The van der Waals surface area contributed by atoms with E-state index in [-0.39, 0.29) is 5.82 Å². The summed E-state index contributed by atoms with van der Waals surface area (Å²) in [5, 5.41) is 3.20. The van der Waals surface area contributed by atoms with Gasteiger partial charge in [-0.3, -0.25) is 0 Å². The first-order valence-corrected chi connectivity index (χ1v) is 5.69. The molecule has 0 radical (unpaired) electrons. The van der Waals surface area contributed by atoms with E-state index in [2.05, 4.69) is 10.3 Å². The maximum absolute atomic E-state index is 13.1. The topological polar surface area (TPSA) is 34.1 Å². The number of nitrogens with one attached hydrogen (secondary N) is 1. The lowest BCUT2D eigenvalue weighted by Gasteiger charge is -2.08. The first-order chi connectivity index (χ1) is 8.69. The van der Waals surface area contributed by atoms with E-state index < -0.39 is 0 Å². The third-order valence-electron chi connectivity index (χ3n) is 2.62. The Bertz CT molecular complexity index is 543. The lowest BCUT2D eigenvalue weighted by Crippen LogP contribution is -2.02. The molecule has 1 aromatic carbocycles. The number of methoxy groups -OCH3 is 1. The van der Waals surface area contributed by atoms with Gasteiger partial charge in [0.2, 0.25) is 5.88 Å². The van der Waals surface area contributed by atoms with Crippen LogP contribution in [0.2, 0.25) is 0 Å². The van der Waals surface area contributed by atoms with E-state index >= 15 is 0 Å². The van der Waals surface area contributed by atoms with E-state index in [4.69, 9.17) is 4.74 Å². The van der Waals surface area contributed by atoms with Gasteiger partial charge in [-0.15, -0.1) is 0 Å². The molecule has 0 spiro atoms. The van der Waals surface area contributed by atoms with Crippen molar-refractivity contribution in [1.82, 2.24) is 4.98 Å². The summed E-state index contributed by atoms with van der Waals surface area (Å²) in [7, 11) is 1.59. The van der Waals surface area contributed by atoms with E-state index in [1.165, 1.54) is 6.07 Å². The molecule has 3 nitrogen and oxygen atoms in total. The number of anilines is 1. The number of ether oxygens (including phenoxy) is 1. The summed E-state index contributed by atoms with van der Waals surface area (Å²) in [5.41, 5.74) is 2.37. The number of halogens is 1. The van der Waals surface area contributed by atoms with Crippen LogP contribution >= 0.6 is 0 Å². The van der Waals surface area contributed by atoms with E-state index in [1.807, 2.05) is 12.1 Å². The average Bonchev–Trinajstić information content (AvgIpc) is 2.40. The maximum Gasteiger partial charge on any atom is 0.213 e. The third kappa shape index (κ3) is 2.97. The van der Waals surface area contributed by atoms with Crippen molar-refractivity contribution in [3.8, 4) is 5.88 Å². The van der Waals surface area contributed by atoms with Crippen molar-refractivity contribution >= 4 is 5.69 Å². The zero-order chi connectivity index (χ0) is 13.0. The van der Waals surface area contributed by atoms with Crippen molar-refractivity contribution < 1.29 is 9.13 Å². The molecular weight excluding hydrogens is 231 g/mol. The van der Waals surface area contributed by atoms with Gasteiger partial charge in [-0.1, -0.05) is 6.07 Å². The average molecular weight is 246 g/mol. The molecule has 0 aliphatic carbocycles. The molecule has 94 valence electrons. The molecule has 1 heterocycles. The van der Waals surface area contributed by atoms with Crippen LogP contribution < -0.4 is 10.1 Å². The summed E-state index contributed by atoms with van der Waals surface area (Å²) < 4.78 is 18.2. The molecule has 18 heavy (non-hydrogen) atoms. The van der Waals surface area contributed by atoms with Gasteiger partial charge in [0.25, 0.3) is 0 Å². The number of benzene rings is 1. The Morgan fingerprint density at radius 3 is 2.83 bits per heavy atom. The maximum atomic E-state index is 13.1. The van der Waals surface area contributed by atoms with Crippen molar-refractivity contribution in [2.45, 2.75) is 13.5 Å². The number of hydrogen-bond donors (Lipinski definition) is 1. The van der Waals surface area contributed by atoms with E-state index in [9.17, 15) is 4.39 Å². The highest BCUT2D eigenvalue weighted by Crippen LogP contribution is 2.15. The smallest absolute Gasteiger partial charge is 0.213 e. The summed E-state index contributed by atoms with van der Waals surface area (Å²) >= 11 is 0. The van der Waals surface area contributed by atoms with Gasteiger partial charge < -0.3 is 10.1 Å². The molecule has 0 amide bonds. The second kappa shape index (κ2) is 5.49. The highest BCUT2D eigenvalue weighted by Gasteiger charge is 2.00. The molecule has 1 N–H and O–H groups in total. The van der Waals surface area contributed by atoms with Gasteiger partial charge in [-0.05, 0) is 36.8 Å². The highest BCUT2D eigenvalue weighted by molar-refractivity contribution is 5.46. The van der Waals surface area contributed by atoms with Crippen molar-refractivity contribution in [3.63, 3.8) is 0 Å². The third-order valence-corrected chi connectivity index (χ3v) is 2.62. The SMILES string of the molecule is COc1cccc(CNc2ccc(F)c(C)c2)n1. The summed E-state index contributed by atoms with van der Waals surface area (Å²) in [6, 6.07) is 10.5. The second-order valence-corrected chi connectivity index (χ2v) is 3.99. The number of hydrogen-bond acceptors (Lipinski definition) is 3. The molecular formula is C14H15FN2O. The minimum atomic E-state index is -0.194.